The van der Waals surface area contributed by atoms with Crippen molar-refractivity contribution in [3.8, 4) is 0 Å². The van der Waals surface area contributed by atoms with Crippen molar-refractivity contribution >= 4 is 17.5 Å². The van der Waals surface area contributed by atoms with Gasteiger partial charge >= 0.3 is 0 Å². The minimum absolute atomic E-state index is 0.0303. The maximum absolute atomic E-state index is 13.4. The largest absolute Gasteiger partial charge is 0.381 e. The molecule has 2 N–H and O–H groups in total. The molecule has 0 spiro atoms. The monoisotopic (exact) mass is 336 g/mol. The molecule has 23 heavy (non-hydrogen) atoms. The van der Waals surface area contributed by atoms with Gasteiger partial charge in [-0.05, 0) is 42.9 Å². The number of amides is 1. The highest BCUT2D eigenvalue weighted by atomic mass is 35.5. The summed E-state index contributed by atoms with van der Waals surface area (Å²) < 4.78 is 5.53. The van der Waals surface area contributed by atoms with Crippen molar-refractivity contribution in [3.05, 3.63) is 34.9 Å². The number of hydrogen-bond donors (Lipinski definition) is 1. The molecular formula is C18H25ClN2O2. The molecule has 1 unspecified atom stereocenters. The first kappa shape index (κ1) is 16.7. The van der Waals surface area contributed by atoms with E-state index in [2.05, 4.69) is 6.92 Å². The second-order valence-corrected chi connectivity index (χ2v) is 7.57. The summed E-state index contributed by atoms with van der Waals surface area (Å²) in [6.07, 6.45) is 2.33. The number of rotatable bonds is 3. The average molecular weight is 337 g/mol. The fourth-order valence-corrected chi connectivity index (χ4v) is 4.15. The standard InChI is InChI=1S/C18H25ClN2O2/c1-17(12-20)6-9-21(13-17)16(22)18(7-10-23-11-8-18)14-4-2-3-5-15(14)19/h2-5H,6-13,20H2,1H3. The zero-order valence-electron chi connectivity index (χ0n) is 13.7. The maximum Gasteiger partial charge on any atom is 0.233 e. The van der Waals surface area contributed by atoms with Crippen LogP contribution in [0.3, 0.4) is 0 Å². The Morgan fingerprint density at radius 1 is 1.30 bits per heavy atom. The highest BCUT2D eigenvalue weighted by molar-refractivity contribution is 6.31. The van der Waals surface area contributed by atoms with Crippen LogP contribution in [0.5, 0.6) is 0 Å². The van der Waals surface area contributed by atoms with Gasteiger partial charge in [-0.2, -0.15) is 0 Å². The molecule has 1 amide bonds. The van der Waals surface area contributed by atoms with E-state index in [-0.39, 0.29) is 11.3 Å². The summed E-state index contributed by atoms with van der Waals surface area (Å²) in [5.41, 5.74) is 6.31. The van der Waals surface area contributed by atoms with E-state index < -0.39 is 5.41 Å². The molecule has 1 aromatic rings. The van der Waals surface area contributed by atoms with Crippen molar-refractivity contribution in [1.29, 1.82) is 0 Å². The van der Waals surface area contributed by atoms with Gasteiger partial charge in [0, 0.05) is 31.3 Å². The van der Waals surface area contributed by atoms with Crippen molar-refractivity contribution in [2.75, 3.05) is 32.8 Å². The number of hydrogen-bond acceptors (Lipinski definition) is 3. The van der Waals surface area contributed by atoms with Crippen molar-refractivity contribution < 1.29 is 9.53 Å². The normalized spacial score (nSPS) is 27.2. The lowest BCUT2D eigenvalue weighted by atomic mass is 9.73. The molecule has 2 heterocycles. The molecule has 1 atom stereocenters. The molecule has 0 saturated carbocycles. The van der Waals surface area contributed by atoms with E-state index in [1.165, 1.54) is 0 Å². The number of carbonyl (C=O) groups is 1. The van der Waals surface area contributed by atoms with Crippen LogP contribution in [-0.4, -0.2) is 43.7 Å². The number of nitrogens with zero attached hydrogens (tertiary/aromatic N) is 1. The Bertz CT molecular complexity index is 586. The Kier molecular flexibility index (Phi) is 4.68. The van der Waals surface area contributed by atoms with Gasteiger partial charge in [0.25, 0.3) is 0 Å². The van der Waals surface area contributed by atoms with Gasteiger partial charge in [0.2, 0.25) is 5.91 Å². The first-order valence-electron chi connectivity index (χ1n) is 8.33. The molecule has 2 aliphatic rings. The molecule has 2 fully saturated rings. The highest BCUT2D eigenvalue weighted by Gasteiger charge is 2.47. The summed E-state index contributed by atoms with van der Waals surface area (Å²) >= 11 is 6.45. The number of carbonyl (C=O) groups excluding carboxylic acids is 1. The Balaban J connectivity index is 1.94. The first-order valence-corrected chi connectivity index (χ1v) is 8.71. The van der Waals surface area contributed by atoms with E-state index >= 15 is 0 Å². The molecule has 1 aromatic carbocycles. The van der Waals surface area contributed by atoms with Crippen LogP contribution in [0.25, 0.3) is 0 Å². The predicted octanol–water partition coefficient (Wildman–Crippen LogP) is 2.59. The molecule has 0 aromatic heterocycles. The minimum atomic E-state index is -0.559. The van der Waals surface area contributed by atoms with Crippen LogP contribution in [0.4, 0.5) is 0 Å². The zero-order valence-corrected chi connectivity index (χ0v) is 14.4. The lowest BCUT2D eigenvalue weighted by Gasteiger charge is -2.40. The molecule has 2 saturated heterocycles. The van der Waals surface area contributed by atoms with Gasteiger partial charge in [-0.1, -0.05) is 36.7 Å². The van der Waals surface area contributed by atoms with Crippen molar-refractivity contribution in [1.82, 2.24) is 4.90 Å². The van der Waals surface area contributed by atoms with E-state index in [4.69, 9.17) is 22.1 Å². The van der Waals surface area contributed by atoms with Crippen LogP contribution in [0, 0.1) is 5.41 Å². The SMILES string of the molecule is CC1(CN)CCN(C(=O)C2(c3ccccc3Cl)CCOCC2)C1. The van der Waals surface area contributed by atoms with Crippen LogP contribution >= 0.6 is 11.6 Å². The summed E-state index contributed by atoms with van der Waals surface area (Å²) in [6.45, 7) is 5.47. The second-order valence-electron chi connectivity index (χ2n) is 7.17. The van der Waals surface area contributed by atoms with Gasteiger partial charge < -0.3 is 15.4 Å². The van der Waals surface area contributed by atoms with E-state index in [1.807, 2.05) is 29.2 Å². The maximum atomic E-state index is 13.4. The number of nitrogens with two attached hydrogens (primary N) is 1. The third-order valence-corrected chi connectivity index (χ3v) is 5.81. The Hall–Kier alpha value is -1.10. The molecule has 2 aliphatic heterocycles. The number of benzene rings is 1. The third-order valence-electron chi connectivity index (χ3n) is 5.48. The lowest BCUT2D eigenvalue weighted by molar-refractivity contribution is -0.140. The molecule has 3 rings (SSSR count). The number of ether oxygens (including phenoxy) is 1. The third kappa shape index (κ3) is 3.00. The van der Waals surface area contributed by atoms with E-state index in [9.17, 15) is 4.79 Å². The van der Waals surface area contributed by atoms with Crippen LogP contribution in [0.15, 0.2) is 24.3 Å². The van der Waals surface area contributed by atoms with Crippen molar-refractivity contribution in [2.45, 2.75) is 31.6 Å². The second kappa shape index (κ2) is 6.42. The van der Waals surface area contributed by atoms with Crippen LogP contribution in [0.1, 0.15) is 31.7 Å². The molecule has 4 nitrogen and oxygen atoms in total. The van der Waals surface area contributed by atoms with Gasteiger partial charge in [-0.15, -0.1) is 0 Å². The summed E-state index contributed by atoms with van der Waals surface area (Å²) in [7, 11) is 0. The average Bonchev–Trinajstić information content (AvgIpc) is 2.98. The minimum Gasteiger partial charge on any atom is -0.381 e. The van der Waals surface area contributed by atoms with Crippen molar-refractivity contribution in [2.24, 2.45) is 11.1 Å². The predicted molar refractivity (Wildman–Crippen MR) is 91.5 cm³/mol. The summed E-state index contributed by atoms with van der Waals surface area (Å²) in [5, 5.41) is 0.670. The van der Waals surface area contributed by atoms with Crippen LogP contribution in [-0.2, 0) is 14.9 Å². The van der Waals surface area contributed by atoms with Crippen molar-refractivity contribution in [3.63, 3.8) is 0 Å². The zero-order chi connectivity index (χ0) is 16.5. The molecule has 126 valence electrons. The molecule has 0 aliphatic carbocycles. The Morgan fingerprint density at radius 3 is 2.61 bits per heavy atom. The first-order chi connectivity index (χ1) is 11.0. The highest BCUT2D eigenvalue weighted by Crippen LogP contribution is 2.42. The summed E-state index contributed by atoms with van der Waals surface area (Å²) in [6, 6.07) is 7.73. The van der Waals surface area contributed by atoms with Crippen LogP contribution < -0.4 is 5.73 Å². The Morgan fingerprint density at radius 2 is 2.00 bits per heavy atom. The molecule has 0 bridgehead atoms. The number of likely N-dealkylation sites (tertiary alicyclic amines) is 1. The Labute approximate surface area is 142 Å². The summed E-state index contributed by atoms with van der Waals surface area (Å²) in [5.74, 6) is 0.186. The lowest BCUT2D eigenvalue weighted by Crippen LogP contribution is -2.50. The smallest absolute Gasteiger partial charge is 0.233 e. The van der Waals surface area contributed by atoms with Gasteiger partial charge in [-0.3, -0.25) is 4.79 Å². The quantitative estimate of drug-likeness (QED) is 0.923. The fraction of sp³-hybridized carbons (Fsp3) is 0.611. The molecular weight excluding hydrogens is 312 g/mol. The van der Waals surface area contributed by atoms with Gasteiger partial charge in [0.05, 0.1) is 5.41 Å². The van der Waals surface area contributed by atoms with E-state index in [0.717, 1.165) is 25.1 Å². The topological polar surface area (TPSA) is 55.6 Å². The van der Waals surface area contributed by atoms with Crippen LogP contribution in [0.2, 0.25) is 5.02 Å². The molecule has 0 radical (unpaired) electrons. The number of halogens is 1. The van der Waals surface area contributed by atoms with Gasteiger partial charge in [-0.25, -0.2) is 0 Å². The van der Waals surface area contributed by atoms with E-state index in [0.29, 0.717) is 37.6 Å². The van der Waals surface area contributed by atoms with Gasteiger partial charge in [0.15, 0.2) is 0 Å². The summed E-state index contributed by atoms with van der Waals surface area (Å²) in [4.78, 5) is 15.4. The van der Waals surface area contributed by atoms with Gasteiger partial charge in [0.1, 0.15) is 0 Å². The molecule has 5 heteroatoms. The fourth-order valence-electron chi connectivity index (χ4n) is 3.83. The van der Waals surface area contributed by atoms with E-state index in [1.54, 1.807) is 0 Å².